The van der Waals surface area contributed by atoms with Crippen molar-refractivity contribution >= 4 is 23.2 Å². The fourth-order valence-electron chi connectivity index (χ4n) is 2.02. The minimum atomic E-state index is -0.319. The number of nitrogens with one attached hydrogen (secondary N) is 2. The number of hydrogen-bond acceptors (Lipinski definition) is 4. The molecule has 0 aliphatic heterocycles. The minimum Gasteiger partial charge on any atom is -0.482 e. The zero-order valence-electron chi connectivity index (χ0n) is 13.2. The number of anilines is 2. The maximum atomic E-state index is 12.0. The Kier molecular flexibility index (Phi) is 5.92. The monoisotopic (exact) mass is 323 g/mol. The molecule has 0 heterocycles. The van der Waals surface area contributed by atoms with E-state index in [2.05, 4.69) is 16.7 Å². The zero-order chi connectivity index (χ0) is 17.4. The highest BCUT2D eigenvalue weighted by Crippen LogP contribution is 2.23. The molecule has 0 bridgehead atoms. The fraction of sp³-hybridized carbons (Fsp3) is 0.167. The van der Waals surface area contributed by atoms with Crippen molar-refractivity contribution in [2.45, 2.75) is 13.3 Å². The third kappa shape index (κ3) is 5.14. The van der Waals surface area contributed by atoms with E-state index in [1.54, 1.807) is 48.5 Å². The molecule has 0 aromatic heterocycles. The predicted molar refractivity (Wildman–Crippen MR) is 90.6 cm³/mol. The first-order valence-electron chi connectivity index (χ1n) is 7.33. The van der Waals surface area contributed by atoms with Crippen molar-refractivity contribution in [3.63, 3.8) is 0 Å². The van der Waals surface area contributed by atoms with Crippen LogP contribution in [0.15, 0.2) is 48.5 Å². The maximum Gasteiger partial charge on any atom is 0.262 e. The molecular formula is C18H17N3O3. The summed E-state index contributed by atoms with van der Waals surface area (Å²) in [5, 5.41) is 14.0. The summed E-state index contributed by atoms with van der Waals surface area (Å²) in [5.74, 6) is -0.110. The molecule has 2 rings (SSSR count). The number of nitriles is 1. The van der Waals surface area contributed by atoms with E-state index in [-0.39, 0.29) is 18.4 Å². The lowest BCUT2D eigenvalue weighted by Crippen LogP contribution is -2.20. The second-order valence-corrected chi connectivity index (χ2v) is 5.05. The third-order valence-electron chi connectivity index (χ3n) is 3.08. The van der Waals surface area contributed by atoms with E-state index in [0.717, 1.165) is 5.56 Å². The zero-order valence-corrected chi connectivity index (χ0v) is 13.2. The summed E-state index contributed by atoms with van der Waals surface area (Å²) >= 11 is 0. The second kappa shape index (κ2) is 8.34. The normalized spacial score (nSPS) is 9.67. The van der Waals surface area contributed by atoms with Crippen LogP contribution in [0.25, 0.3) is 0 Å². The Balaban J connectivity index is 1.91. The van der Waals surface area contributed by atoms with Gasteiger partial charge in [-0.1, -0.05) is 24.3 Å². The molecule has 0 aliphatic carbocycles. The predicted octanol–water partition coefficient (Wildman–Crippen LogP) is 2.73. The molecule has 0 spiro atoms. The van der Waals surface area contributed by atoms with Crippen molar-refractivity contribution in [3.8, 4) is 11.8 Å². The summed E-state index contributed by atoms with van der Waals surface area (Å²) in [4.78, 5) is 23.1. The summed E-state index contributed by atoms with van der Waals surface area (Å²) in [5.41, 5.74) is 2.02. The van der Waals surface area contributed by atoms with E-state index in [1.165, 1.54) is 6.92 Å². The van der Waals surface area contributed by atoms with Crippen LogP contribution in [0.1, 0.15) is 12.5 Å². The minimum absolute atomic E-state index is 0.184. The molecule has 0 aliphatic rings. The molecule has 0 saturated carbocycles. The lowest BCUT2D eigenvalue weighted by molar-refractivity contribution is -0.118. The Bertz CT molecular complexity index is 764. The highest BCUT2D eigenvalue weighted by molar-refractivity contribution is 5.92. The summed E-state index contributed by atoms with van der Waals surface area (Å²) in [6.45, 7) is 1.22. The van der Waals surface area contributed by atoms with Crippen molar-refractivity contribution in [1.82, 2.24) is 0 Å². The second-order valence-electron chi connectivity index (χ2n) is 5.05. The van der Waals surface area contributed by atoms with Crippen molar-refractivity contribution in [2.24, 2.45) is 0 Å². The number of hydrogen-bond donors (Lipinski definition) is 2. The molecule has 2 amide bonds. The van der Waals surface area contributed by atoms with E-state index < -0.39 is 0 Å². The molecule has 0 atom stereocenters. The molecule has 0 unspecified atom stereocenters. The van der Waals surface area contributed by atoms with Crippen molar-refractivity contribution in [2.75, 3.05) is 17.2 Å². The number of amides is 2. The van der Waals surface area contributed by atoms with Gasteiger partial charge in [0.05, 0.1) is 18.2 Å². The Labute approximate surface area is 140 Å². The number of rotatable bonds is 6. The van der Waals surface area contributed by atoms with Crippen molar-refractivity contribution in [1.29, 1.82) is 5.26 Å². The van der Waals surface area contributed by atoms with Crippen molar-refractivity contribution < 1.29 is 14.3 Å². The van der Waals surface area contributed by atoms with Gasteiger partial charge >= 0.3 is 0 Å². The van der Waals surface area contributed by atoms with Gasteiger partial charge in [-0.3, -0.25) is 9.59 Å². The number of nitrogens with zero attached hydrogens (tertiary/aromatic N) is 1. The number of carbonyl (C=O) groups excluding carboxylic acids is 2. The van der Waals surface area contributed by atoms with Crippen LogP contribution in [-0.4, -0.2) is 18.4 Å². The average Bonchev–Trinajstić information content (AvgIpc) is 2.56. The molecule has 2 N–H and O–H groups in total. The Hall–Kier alpha value is -3.33. The highest BCUT2D eigenvalue weighted by Gasteiger charge is 2.08. The molecule has 0 saturated heterocycles. The highest BCUT2D eigenvalue weighted by atomic mass is 16.5. The molecule has 24 heavy (non-hydrogen) atoms. The SMILES string of the molecule is CC(=O)Nc1ccccc1OCC(=O)Nc1ccc(CC#N)cc1. The quantitative estimate of drug-likeness (QED) is 0.855. The number of ether oxygens (including phenoxy) is 1. The molecule has 2 aromatic rings. The van der Waals surface area contributed by atoms with Gasteiger partial charge in [0.1, 0.15) is 5.75 Å². The summed E-state index contributed by atoms with van der Waals surface area (Å²) < 4.78 is 5.46. The summed E-state index contributed by atoms with van der Waals surface area (Å²) in [6.07, 6.45) is 0.331. The van der Waals surface area contributed by atoms with E-state index in [9.17, 15) is 9.59 Å². The number of para-hydroxylation sites is 2. The van der Waals surface area contributed by atoms with Crippen molar-refractivity contribution in [3.05, 3.63) is 54.1 Å². The fourth-order valence-corrected chi connectivity index (χ4v) is 2.02. The van der Waals surface area contributed by atoms with Gasteiger partial charge in [-0.25, -0.2) is 0 Å². The first kappa shape index (κ1) is 17.0. The van der Waals surface area contributed by atoms with Gasteiger partial charge in [0.2, 0.25) is 5.91 Å². The van der Waals surface area contributed by atoms with E-state index in [4.69, 9.17) is 10.00 Å². The maximum absolute atomic E-state index is 12.0. The lowest BCUT2D eigenvalue weighted by atomic mass is 10.1. The van der Waals surface area contributed by atoms with Crippen LogP contribution in [-0.2, 0) is 16.0 Å². The third-order valence-corrected chi connectivity index (χ3v) is 3.08. The Morgan fingerprint density at radius 2 is 1.79 bits per heavy atom. The smallest absolute Gasteiger partial charge is 0.262 e. The van der Waals surface area contributed by atoms with Crippen LogP contribution < -0.4 is 15.4 Å². The molecule has 6 heteroatoms. The lowest BCUT2D eigenvalue weighted by Gasteiger charge is -2.11. The topological polar surface area (TPSA) is 91.2 Å². The van der Waals surface area contributed by atoms with Crippen LogP contribution in [0.2, 0.25) is 0 Å². The molecule has 122 valence electrons. The summed E-state index contributed by atoms with van der Waals surface area (Å²) in [7, 11) is 0. The molecular weight excluding hydrogens is 306 g/mol. The summed E-state index contributed by atoms with van der Waals surface area (Å²) in [6, 6.07) is 16.0. The van der Waals surface area contributed by atoms with Crippen LogP contribution >= 0.6 is 0 Å². The first-order valence-corrected chi connectivity index (χ1v) is 7.33. The molecule has 6 nitrogen and oxygen atoms in total. The molecule has 2 aromatic carbocycles. The van der Waals surface area contributed by atoms with E-state index in [0.29, 0.717) is 23.5 Å². The number of carbonyl (C=O) groups is 2. The average molecular weight is 323 g/mol. The van der Waals surface area contributed by atoms with Gasteiger partial charge in [0.15, 0.2) is 6.61 Å². The largest absolute Gasteiger partial charge is 0.482 e. The van der Waals surface area contributed by atoms with Gasteiger partial charge < -0.3 is 15.4 Å². The molecule has 0 radical (unpaired) electrons. The van der Waals surface area contributed by atoms with Gasteiger partial charge in [0, 0.05) is 12.6 Å². The van der Waals surface area contributed by atoms with E-state index >= 15 is 0 Å². The van der Waals surface area contributed by atoms with Crippen LogP contribution in [0.4, 0.5) is 11.4 Å². The first-order chi connectivity index (χ1) is 11.6. The van der Waals surface area contributed by atoms with Crippen LogP contribution in [0, 0.1) is 11.3 Å². The Morgan fingerprint density at radius 3 is 2.46 bits per heavy atom. The van der Waals surface area contributed by atoms with Gasteiger partial charge in [-0.2, -0.15) is 5.26 Å². The Morgan fingerprint density at radius 1 is 1.08 bits per heavy atom. The standard InChI is InChI=1S/C18H17N3O3/c1-13(22)20-16-4-2-3-5-17(16)24-12-18(23)21-15-8-6-14(7-9-15)10-11-19/h2-9H,10,12H2,1H3,(H,20,22)(H,21,23). The molecule has 0 fully saturated rings. The van der Waals surface area contributed by atoms with Gasteiger partial charge in [-0.15, -0.1) is 0 Å². The van der Waals surface area contributed by atoms with Gasteiger partial charge in [-0.05, 0) is 29.8 Å². The van der Waals surface area contributed by atoms with Crippen LogP contribution in [0.3, 0.4) is 0 Å². The van der Waals surface area contributed by atoms with Crippen LogP contribution in [0.5, 0.6) is 5.75 Å². The van der Waals surface area contributed by atoms with E-state index in [1.807, 2.05) is 0 Å². The number of benzene rings is 2. The van der Waals surface area contributed by atoms with Gasteiger partial charge in [0.25, 0.3) is 5.91 Å².